The lowest BCUT2D eigenvalue weighted by Crippen LogP contribution is -2.33. The molecule has 3 heterocycles. The molecule has 2 aliphatic heterocycles. The van der Waals surface area contributed by atoms with Gasteiger partial charge >= 0.3 is 0 Å². The second-order valence-electron chi connectivity index (χ2n) is 9.50. The number of nitrogens with zero attached hydrogens (tertiary/aromatic N) is 2. The van der Waals surface area contributed by atoms with Gasteiger partial charge in [-0.05, 0) is 43.3 Å². The lowest BCUT2D eigenvalue weighted by Gasteiger charge is -2.26. The minimum absolute atomic E-state index is 0.153. The van der Waals surface area contributed by atoms with Crippen molar-refractivity contribution < 1.29 is 24.8 Å². The maximum Gasteiger partial charge on any atom is 0.205 e. The number of nitriles is 1. The van der Waals surface area contributed by atoms with Crippen LogP contribution in [-0.2, 0) is 15.9 Å². The number of hydrogen-bond acceptors (Lipinski definition) is 6. The summed E-state index contributed by atoms with van der Waals surface area (Å²) in [5, 5.41) is 45.5. The lowest BCUT2D eigenvalue weighted by molar-refractivity contribution is -0.107. The highest BCUT2D eigenvalue weighted by molar-refractivity contribution is 6.30. The van der Waals surface area contributed by atoms with Gasteiger partial charge in [0, 0.05) is 28.6 Å². The topological polar surface area (TPSA) is 108 Å². The van der Waals surface area contributed by atoms with Gasteiger partial charge in [0.25, 0.3) is 0 Å². The predicted octanol–water partition coefficient (Wildman–Crippen LogP) is 5.24. The van der Waals surface area contributed by atoms with Crippen LogP contribution in [-0.4, -0.2) is 32.6 Å². The van der Waals surface area contributed by atoms with Crippen LogP contribution >= 0.6 is 11.6 Å². The fourth-order valence-corrected chi connectivity index (χ4v) is 5.92. The van der Waals surface area contributed by atoms with E-state index < -0.39 is 17.3 Å². The van der Waals surface area contributed by atoms with Gasteiger partial charge in [-0.3, -0.25) is 4.57 Å². The molecule has 0 saturated carbocycles. The van der Waals surface area contributed by atoms with Crippen LogP contribution in [0.5, 0.6) is 17.5 Å². The molecule has 3 N–H and O–H groups in total. The van der Waals surface area contributed by atoms with Gasteiger partial charge < -0.3 is 24.8 Å². The van der Waals surface area contributed by atoms with Crippen molar-refractivity contribution in [3.05, 3.63) is 82.4 Å². The molecule has 3 atom stereocenters. The van der Waals surface area contributed by atoms with Crippen molar-refractivity contribution >= 4 is 22.4 Å². The smallest absolute Gasteiger partial charge is 0.205 e. The molecule has 3 aromatic carbocycles. The summed E-state index contributed by atoms with van der Waals surface area (Å²) in [4.78, 5) is 0. The van der Waals surface area contributed by atoms with E-state index in [0.717, 1.165) is 0 Å². The third-order valence-corrected chi connectivity index (χ3v) is 7.74. The highest BCUT2D eigenvalue weighted by Gasteiger charge is 2.66. The molecule has 6 rings (SSSR count). The second-order valence-corrected chi connectivity index (χ2v) is 9.93. The molecule has 1 aromatic heterocycles. The molecule has 1 fully saturated rings. The summed E-state index contributed by atoms with van der Waals surface area (Å²) in [5.41, 5.74) is -0.371. The molecule has 2 bridgehead atoms. The first-order chi connectivity index (χ1) is 17.3. The van der Waals surface area contributed by atoms with E-state index in [1.807, 2.05) is 24.3 Å². The largest absolute Gasteiger partial charge is 0.494 e. The average Bonchev–Trinajstić information content (AvgIpc) is 3.41. The van der Waals surface area contributed by atoms with E-state index in [0.29, 0.717) is 50.3 Å². The van der Waals surface area contributed by atoms with Crippen LogP contribution in [0.2, 0.25) is 5.02 Å². The normalized spacial score (nSPS) is 24.1. The SMILES string of the molecule is C[C@]12O[C@](CCOc3ccc(Cl)cc3)(CC1O)c1c2c(O)n(-c2ccc(C#N)c3ccccc23)c1O. The Morgan fingerprint density at radius 2 is 1.75 bits per heavy atom. The van der Waals surface area contributed by atoms with Gasteiger partial charge in [-0.1, -0.05) is 35.9 Å². The van der Waals surface area contributed by atoms with Crippen LogP contribution in [0.25, 0.3) is 16.5 Å². The number of aromatic nitrogens is 1. The highest BCUT2D eigenvalue weighted by atomic mass is 35.5. The van der Waals surface area contributed by atoms with Crippen molar-refractivity contribution in [2.24, 2.45) is 0 Å². The zero-order chi connectivity index (χ0) is 25.2. The molecule has 0 aliphatic carbocycles. The quantitative estimate of drug-likeness (QED) is 0.344. The summed E-state index contributed by atoms with van der Waals surface area (Å²) in [6.45, 7) is 1.99. The molecule has 0 amide bonds. The average molecular weight is 503 g/mol. The van der Waals surface area contributed by atoms with Crippen LogP contribution in [0.1, 0.15) is 36.5 Å². The Morgan fingerprint density at radius 3 is 2.47 bits per heavy atom. The van der Waals surface area contributed by atoms with E-state index in [2.05, 4.69) is 6.07 Å². The van der Waals surface area contributed by atoms with Gasteiger partial charge in [0.05, 0.1) is 41.2 Å². The maximum absolute atomic E-state index is 11.5. The summed E-state index contributed by atoms with van der Waals surface area (Å²) >= 11 is 5.95. The first kappa shape index (κ1) is 22.7. The Morgan fingerprint density at radius 1 is 1.06 bits per heavy atom. The van der Waals surface area contributed by atoms with E-state index >= 15 is 0 Å². The third-order valence-electron chi connectivity index (χ3n) is 7.49. The van der Waals surface area contributed by atoms with E-state index in [1.54, 1.807) is 43.3 Å². The Hall–Kier alpha value is -3.70. The van der Waals surface area contributed by atoms with Crippen LogP contribution in [0.4, 0.5) is 0 Å². The molecule has 36 heavy (non-hydrogen) atoms. The van der Waals surface area contributed by atoms with E-state index in [4.69, 9.17) is 21.1 Å². The molecule has 1 saturated heterocycles. The molecule has 2 aliphatic rings. The summed E-state index contributed by atoms with van der Waals surface area (Å²) in [5.74, 6) is 0.294. The van der Waals surface area contributed by atoms with E-state index in [1.165, 1.54) is 4.57 Å². The number of aliphatic hydroxyl groups excluding tert-OH is 1. The number of benzene rings is 3. The van der Waals surface area contributed by atoms with Crippen molar-refractivity contribution in [3.8, 4) is 29.3 Å². The van der Waals surface area contributed by atoms with Crippen molar-refractivity contribution in [1.29, 1.82) is 5.26 Å². The first-order valence-corrected chi connectivity index (χ1v) is 12.0. The van der Waals surface area contributed by atoms with Gasteiger partial charge in [0.1, 0.15) is 17.0 Å². The Bertz CT molecular complexity index is 1560. The van der Waals surface area contributed by atoms with Crippen molar-refractivity contribution in [1.82, 2.24) is 4.57 Å². The summed E-state index contributed by atoms with van der Waals surface area (Å²) in [6.07, 6.45) is -0.272. The number of hydrogen-bond donors (Lipinski definition) is 3. The molecule has 0 spiro atoms. The maximum atomic E-state index is 11.5. The molecular weight excluding hydrogens is 480 g/mol. The number of rotatable bonds is 5. The summed E-state index contributed by atoms with van der Waals surface area (Å²) in [6, 6.07) is 19.9. The molecule has 4 aromatic rings. The van der Waals surface area contributed by atoms with Gasteiger partial charge in [0.2, 0.25) is 11.8 Å². The third kappa shape index (κ3) is 3.05. The molecule has 7 nitrogen and oxygen atoms in total. The highest BCUT2D eigenvalue weighted by Crippen LogP contribution is 2.65. The number of aliphatic hydroxyl groups is 1. The van der Waals surface area contributed by atoms with Gasteiger partial charge in [-0.2, -0.15) is 5.26 Å². The van der Waals surface area contributed by atoms with Gasteiger partial charge in [-0.15, -0.1) is 0 Å². The monoisotopic (exact) mass is 502 g/mol. The van der Waals surface area contributed by atoms with E-state index in [9.17, 15) is 20.6 Å². The summed E-state index contributed by atoms with van der Waals surface area (Å²) in [7, 11) is 0. The zero-order valence-electron chi connectivity index (χ0n) is 19.4. The van der Waals surface area contributed by atoms with Crippen molar-refractivity contribution in [2.75, 3.05) is 6.61 Å². The standard InChI is InChI=1S/C28H23ClN2O5/c1-27-22(32)14-28(36-27,12-13-35-18-9-7-17(29)8-10-18)24-23(27)25(33)31(26(24)34)21-11-6-16(15-30)19-4-2-3-5-20(19)21/h2-11,22,32-34H,12-14H2,1H3/t22?,27-,28+/m0/s1. The zero-order valence-corrected chi connectivity index (χ0v) is 20.2. The fraction of sp³-hybridized carbons (Fsp3) is 0.250. The minimum Gasteiger partial charge on any atom is -0.494 e. The fourth-order valence-electron chi connectivity index (χ4n) is 5.79. The van der Waals surface area contributed by atoms with Crippen molar-refractivity contribution in [2.45, 2.75) is 37.1 Å². The Kier molecular flexibility index (Phi) is 4.99. The van der Waals surface area contributed by atoms with Crippen LogP contribution < -0.4 is 4.74 Å². The summed E-state index contributed by atoms with van der Waals surface area (Å²) < 4.78 is 13.6. The van der Waals surface area contributed by atoms with Crippen LogP contribution in [0.3, 0.4) is 0 Å². The van der Waals surface area contributed by atoms with Gasteiger partial charge in [0.15, 0.2) is 0 Å². The number of ether oxygens (including phenoxy) is 2. The van der Waals surface area contributed by atoms with Crippen molar-refractivity contribution in [3.63, 3.8) is 0 Å². The molecule has 1 unspecified atom stereocenters. The van der Waals surface area contributed by atoms with E-state index in [-0.39, 0.29) is 24.8 Å². The molecule has 182 valence electrons. The van der Waals surface area contributed by atoms with Crippen LogP contribution in [0.15, 0.2) is 60.7 Å². The Labute approximate surface area is 212 Å². The lowest BCUT2D eigenvalue weighted by atomic mass is 9.76. The van der Waals surface area contributed by atoms with Crippen LogP contribution in [0, 0.1) is 11.3 Å². The number of halogens is 1. The number of fused-ring (bicyclic) bond motifs is 6. The molecular formula is C28H23ClN2O5. The first-order valence-electron chi connectivity index (χ1n) is 11.7. The predicted molar refractivity (Wildman–Crippen MR) is 134 cm³/mol. The second kappa shape index (κ2) is 7.90. The number of aromatic hydroxyl groups is 2. The molecule has 0 radical (unpaired) electrons. The molecule has 8 heteroatoms. The minimum atomic E-state index is -1.19. The Balaban J connectivity index is 1.45. The van der Waals surface area contributed by atoms with Gasteiger partial charge in [-0.25, -0.2) is 0 Å².